The molecule has 6 N–H and O–H groups in total. The van der Waals surface area contributed by atoms with Gasteiger partial charge in [-0.15, -0.1) is 0 Å². The number of nitrogen functional groups attached to an aromatic ring is 2. The molecule has 1 aromatic carbocycles. The van der Waals surface area contributed by atoms with Crippen molar-refractivity contribution >= 4 is 69.5 Å². The van der Waals surface area contributed by atoms with E-state index in [1.807, 2.05) is 0 Å². The lowest BCUT2D eigenvalue weighted by molar-refractivity contribution is -0.139. The lowest BCUT2D eigenvalue weighted by atomic mass is 10.1. The molecule has 3 aromatic rings. The largest absolute Gasteiger partial charge is 0.480 e. The molecule has 0 unspecified atom stereocenters. The zero-order chi connectivity index (χ0) is 25.9. The minimum absolute atomic E-state index is 0.00890. The molecular formula is C21H22Cl2N8O4. The predicted octanol–water partition coefficient (Wildman–Crippen LogP) is 2.08. The molecule has 3 rings (SSSR count). The zero-order valence-corrected chi connectivity index (χ0v) is 20.3. The summed E-state index contributed by atoms with van der Waals surface area (Å²) in [6.45, 7) is 1.57. The van der Waals surface area contributed by atoms with Gasteiger partial charge in [0, 0.05) is 19.0 Å². The number of nitrogens with two attached hydrogens (primary N) is 2. The maximum absolute atomic E-state index is 12.6. The molecule has 0 bridgehead atoms. The van der Waals surface area contributed by atoms with Crippen LogP contribution in [0.25, 0.3) is 11.2 Å². The fourth-order valence-electron chi connectivity index (χ4n) is 3.29. The number of hydrogen-bond acceptors (Lipinski definition) is 10. The highest BCUT2D eigenvalue weighted by atomic mass is 35.5. The number of benzene rings is 1. The molecule has 0 aliphatic rings. The molecule has 2 aromatic heterocycles. The Bertz CT molecular complexity index is 1300. The Hall–Kier alpha value is -3.77. The Labute approximate surface area is 209 Å². The Kier molecular flexibility index (Phi) is 7.87. The summed E-state index contributed by atoms with van der Waals surface area (Å²) in [6.07, 6.45) is 1.49. The van der Waals surface area contributed by atoms with Crippen LogP contribution in [-0.4, -0.2) is 55.8 Å². The minimum atomic E-state index is -1.25. The van der Waals surface area contributed by atoms with E-state index in [1.54, 1.807) is 11.9 Å². The van der Waals surface area contributed by atoms with Crippen LogP contribution in [-0.2, 0) is 16.1 Å². The average Bonchev–Trinajstić information content (AvgIpc) is 2.75. The molecule has 35 heavy (non-hydrogen) atoms. The number of carboxylic acids is 1. The molecule has 184 valence electrons. The lowest BCUT2D eigenvalue weighted by Gasteiger charge is -2.22. The third-order valence-electron chi connectivity index (χ3n) is 4.95. The predicted molar refractivity (Wildman–Crippen MR) is 131 cm³/mol. The lowest BCUT2D eigenvalue weighted by Crippen LogP contribution is -2.41. The van der Waals surface area contributed by atoms with Crippen molar-refractivity contribution in [3.63, 3.8) is 0 Å². The summed E-state index contributed by atoms with van der Waals surface area (Å²) in [5, 5.41) is 12.0. The first-order valence-electron chi connectivity index (χ1n) is 10.2. The second kappa shape index (κ2) is 10.7. The van der Waals surface area contributed by atoms with Gasteiger partial charge in [-0.25, -0.2) is 14.8 Å². The summed E-state index contributed by atoms with van der Waals surface area (Å²) >= 11 is 12.8. The third kappa shape index (κ3) is 6.22. The van der Waals surface area contributed by atoms with E-state index in [4.69, 9.17) is 34.7 Å². The van der Waals surface area contributed by atoms with Gasteiger partial charge in [-0.2, -0.15) is 9.97 Å². The summed E-state index contributed by atoms with van der Waals surface area (Å²) in [7, 11) is 1.71. The van der Waals surface area contributed by atoms with Crippen molar-refractivity contribution in [2.24, 2.45) is 0 Å². The number of amides is 1. The number of halogens is 2. The van der Waals surface area contributed by atoms with Crippen LogP contribution in [0.15, 0.2) is 18.3 Å². The van der Waals surface area contributed by atoms with E-state index in [2.05, 4.69) is 25.3 Å². The summed E-state index contributed by atoms with van der Waals surface area (Å²) in [5.41, 5.74) is 13.0. The third-order valence-corrected chi connectivity index (χ3v) is 5.53. The van der Waals surface area contributed by atoms with E-state index in [0.717, 1.165) is 0 Å². The molecule has 0 aliphatic carbocycles. The number of carboxylic acid groups (broad SMARTS) is 1. The van der Waals surface area contributed by atoms with Gasteiger partial charge in [0.15, 0.2) is 17.0 Å². The number of aliphatic carboxylic acids is 1. The molecule has 0 fully saturated rings. The second-order valence-electron chi connectivity index (χ2n) is 7.75. The number of ketones is 1. The van der Waals surface area contributed by atoms with Crippen molar-refractivity contribution < 1.29 is 19.5 Å². The molecule has 14 heteroatoms. The topological polar surface area (TPSA) is 190 Å². The normalized spacial score (nSPS) is 11.8. The Morgan fingerprint density at radius 3 is 2.40 bits per heavy atom. The molecular weight excluding hydrogens is 499 g/mol. The van der Waals surface area contributed by atoms with Gasteiger partial charge in [0.25, 0.3) is 5.91 Å². The van der Waals surface area contributed by atoms with Crippen LogP contribution in [0.3, 0.4) is 0 Å². The maximum Gasteiger partial charge on any atom is 0.326 e. The fourth-order valence-corrected chi connectivity index (χ4v) is 4.06. The molecule has 0 saturated heterocycles. The first-order chi connectivity index (χ1) is 16.5. The quantitative estimate of drug-likeness (QED) is 0.322. The average molecular weight is 521 g/mol. The Balaban J connectivity index is 1.80. The molecule has 0 saturated carbocycles. The van der Waals surface area contributed by atoms with Crippen LogP contribution in [0, 0.1) is 0 Å². The van der Waals surface area contributed by atoms with Crippen molar-refractivity contribution in [2.75, 3.05) is 23.4 Å². The Morgan fingerprint density at radius 1 is 1.14 bits per heavy atom. The van der Waals surface area contributed by atoms with Gasteiger partial charge in [0.2, 0.25) is 5.95 Å². The van der Waals surface area contributed by atoms with Gasteiger partial charge in [0.05, 0.1) is 34.2 Å². The number of hydrogen-bond donors (Lipinski definition) is 4. The number of nitrogens with one attached hydrogen (secondary N) is 1. The standard InChI is InChI=1S/C21H22Cl2N8O4/c1-9(32)3-4-14(20(34)35)28-19(33)10-5-12(22)16(13(23)6-10)31(2)8-11-7-26-18-15(27-11)17(24)29-21(25)30-18/h5-7,14H,3-4,8H2,1-2H3,(H,28,33)(H,34,35)(H4,24,25,26,29,30)/t14-/m0/s1. The number of carbonyl (C=O) groups excluding carboxylic acids is 2. The monoisotopic (exact) mass is 520 g/mol. The maximum atomic E-state index is 12.6. The molecule has 12 nitrogen and oxygen atoms in total. The number of fused-ring (bicyclic) bond motifs is 1. The van der Waals surface area contributed by atoms with Crippen LogP contribution < -0.4 is 21.7 Å². The number of anilines is 3. The molecule has 1 amide bonds. The van der Waals surface area contributed by atoms with Gasteiger partial charge >= 0.3 is 5.97 Å². The first-order valence-corrected chi connectivity index (χ1v) is 11.0. The zero-order valence-electron chi connectivity index (χ0n) is 18.7. The van der Waals surface area contributed by atoms with E-state index in [9.17, 15) is 19.5 Å². The van der Waals surface area contributed by atoms with E-state index in [1.165, 1.54) is 25.3 Å². The first kappa shape index (κ1) is 25.8. The van der Waals surface area contributed by atoms with E-state index < -0.39 is 17.9 Å². The van der Waals surface area contributed by atoms with Crippen molar-refractivity contribution in [3.8, 4) is 0 Å². The molecule has 0 aliphatic heterocycles. The SMILES string of the molecule is CC(=O)CC[C@H](NC(=O)c1cc(Cl)c(N(C)Cc2cnc3nc(N)nc(N)c3n2)c(Cl)c1)C(=O)O. The summed E-state index contributed by atoms with van der Waals surface area (Å²) in [4.78, 5) is 53.4. The highest BCUT2D eigenvalue weighted by Gasteiger charge is 2.23. The van der Waals surface area contributed by atoms with Crippen LogP contribution >= 0.6 is 23.2 Å². The van der Waals surface area contributed by atoms with Gasteiger partial charge in [-0.3, -0.25) is 4.79 Å². The van der Waals surface area contributed by atoms with Gasteiger partial charge < -0.3 is 31.6 Å². The van der Waals surface area contributed by atoms with Crippen LogP contribution in [0.1, 0.15) is 35.8 Å². The number of nitrogens with zero attached hydrogens (tertiary/aromatic N) is 5. The molecule has 0 radical (unpaired) electrons. The molecule has 2 heterocycles. The number of rotatable bonds is 9. The Morgan fingerprint density at radius 2 is 1.80 bits per heavy atom. The van der Waals surface area contributed by atoms with Crippen molar-refractivity contribution in [1.29, 1.82) is 0 Å². The number of aromatic nitrogens is 4. The highest BCUT2D eigenvalue weighted by Crippen LogP contribution is 2.35. The van der Waals surface area contributed by atoms with E-state index >= 15 is 0 Å². The fraction of sp³-hybridized carbons (Fsp3) is 0.286. The summed E-state index contributed by atoms with van der Waals surface area (Å²) in [5.74, 6) is -2.03. The van der Waals surface area contributed by atoms with Gasteiger partial charge in [0.1, 0.15) is 11.8 Å². The van der Waals surface area contributed by atoms with Crippen LogP contribution in [0.5, 0.6) is 0 Å². The second-order valence-corrected chi connectivity index (χ2v) is 8.56. The van der Waals surface area contributed by atoms with Crippen molar-refractivity contribution in [3.05, 3.63) is 39.6 Å². The van der Waals surface area contributed by atoms with E-state index in [0.29, 0.717) is 16.9 Å². The van der Waals surface area contributed by atoms with Gasteiger partial charge in [-0.1, -0.05) is 23.2 Å². The van der Waals surface area contributed by atoms with Gasteiger partial charge in [-0.05, 0) is 25.5 Å². The number of Topliss-reactive ketones (excluding diaryl/α,β-unsaturated/α-hetero) is 1. The van der Waals surface area contributed by atoms with Crippen molar-refractivity contribution in [2.45, 2.75) is 32.4 Å². The molecule has 0 spiro atoms. The summed E-state index contributed by atoms with van der Waals surface area (Å²) < 4.78 is 0. The van der Waals surface area contributed by atoms with Crippen LogP contribution in [0.2, 0.25) is 10.0 Å². The molecule has 1 atom stereocenters. The highest BCUT2D eigenvalue weighted by molar-refractivity contribution is 6.39. The van der Waals surface area contributed by atoms with E-state index in [-0.39, 0.29) is 58.2 Å². The summed E-state index contributed by atoms with van der Waals surface area (Å²) in [6, 6.07) is 1.52. The van der Waals surface area contributed by atoms with Crippen LogP contribution in [0.4, 0.5) is 17.5 Å². The van der Waals surface area contributed by atoms with Crippen molar-refractivity contribution in [1.82, 2.24) is 25.3 Å². The number of carbonyl (C=O) groups is 3. The smallest absolute Gasteiger partial charge is 0.326 e. The minimum Gasteiger partial charge on any atom is -0.480 e.